The lowest BCUT2D eigenvalue weighted by Gasteiger charge is -2.22. The molecular weight excluding hydrogens is 190 g/mol. The average molecular weight is 211 g/mol. The van der Waals surface area contributed by atoms with Gasteiger partial charge < -0.3 is 16.3 Å². The Morgan fingerprint density at radius 1 is 1.53 bits per heavy atom. The molecule has 0 aliphatic rings. The normalized spacial score (nSPS) is 12.5. The fraction of sp³-hybridized carbons (Fsp3) is 0.727. The molecule has 0 saturated heterocycles. The van der Waals surface area contributed by atoms with E-state index in [1.54, 1.807) is 0 Å². The van der Waals surface area contributed by atoms with Crippen molar-refractivity contribution in [2.45, 2.75) is 33.1 Å². The van der Waals surface area contributed by atoms with Crippen LogP contribution in [-0.4, -0.2) is 24.1 Å². The maximum Gasteiger partial charge on any atom is 0.144 e. The van der Waals surface area contributed by atoms with Crippen molar-refractivity contribution in [1.29, 1.82) is 0 Å². The van der Waals surface area contributed by atoms with E-state index < -0.39 is 0 Å². The molecule has 0 aromatic heterocycles. The molecule has 0 fully saturated rings. The molecule has 4 N–H and O–H groups in total. The summed E-state index contributed by atoms with van der Waals surface area (Å²) in [4.78, 5) is 0. The van der Waals surface area contributed by atoms with Crippen molar-refractivity contribution in [2.75, 3.05) is 13.1 Å². The Balaban J connectivity index is 3.63. The minimum atomic E-state index is -0.235. The van der Waals surface area contributed by atoms with Crippen LogP contribution in [0.5, 0.6) is 0 Å². The van der Waals surface area contributed by atoms with Gasteiger partial charge in [-0.05, 0) is 19.4 Å². The lowest BCUT2D eigenvalue weighted by molar-refractivity contribution is 0.304. The lowest BCUT2D eigenvalue weighted by Crippen LogP contribution is -2.32. The largest absolute Gasteiger partial charge is 0.409 e. The zero-order valence-corrected chi connectivity index (χ0v) is 9.58. The van der Waals surface area contributed by atoms with E-state index in [0.29, 0.717) is 12.4 Å². The highest BCUT2D eigenvalue weighted by Gasteiger charge is 2.22. The number of rotatable bonds is 7. The molecule has 15 heavy (non-hydrogen) atoms. The Morgan fingerprint density at radius 2 is 2.20 bits per heavy atom. The minimum absolute atomic E-state index is 0.235. The number of hydrogen-bond acceptors (Lipinski definition) is 3. The average Bonchev–Trinajstić information content (AvgIpc) is 2.22. The molecule has 0 aliphatic heterocycles. The molecule has 86 valence electrons. The van der Waals surface area contributed by atoms with Crippen LogP contribution in [0.3, 0.4) is 0 Å². The molecule has 0 radical (unpaired) electrons. The summed E-state index contributed by atoms with van der Waals surface area (Å²) < 4.78 is 0. The summed E-state index contributed by atoms with van der Waals surface area (Å²) in [6, 6.07) is 0. The molecule has 0 amide bonds. The van der Waals surface area contributed by atoms with E-state index in [0.717, 1.165) is 25.8 Å². The van der Waals surface area contributed by atoms with E-state index in [1.165, 1.54) is 0 Å². The number of nitrogens with zero attached hydrogens (tertiary/aromatic N) is 1. The zero-order chi connectivity index (χ0) is 11.7. The maximum atomic E-state index is 8.57. The second-order valence-corrected chi connectivity index (χ2v) is 4.21. The van der Waals surface area contributed by atoms with Crippen LogP contribution in [0.4, 0.5) is 0 Å². The second kappa shape index (κ2) is 7.13. The summed E-state index contributed by atoms with van der Waals surface area (Å²) in [5, 5.41) is 14.7. The van der Waals surface area contributed by atoms with E-state index in [2.05, 4.69) is 16.4 Å². The topological polar surface area (TPSA) is 70.6 Å². The van der Waals surface area contributed by atoms with Gasteiger partial charge >= 0.3 is 0 Å². The summed E-state index contributed by atoms with van der Waals surface area (Å²) in [5.74, 6) is 2.81. The molecule has 0 unspecified atom stereocenters. The Bertz CT molecular complexity index is 241. The summed E-state index contributed by atoms with van der Waals surface area (Å²) in [6.07, 6.45) is 8.08. The summed E-state index contributed by atoms with van der Waals surface area (Å²) in [6.45, 7) is 5.47. The summed E-state index contributed by atoms with van der Waals surface area (Å²) in [5.41, 5.74) is 5.34. The first kappa shape index (κ1) is 13.8. The van der Waals surface area contributed by atoms with Crippen molar-refractivity contribution in [3.05, 3.63) is 0 Å². The third-order valence-corrected chi connectivity index (χ3v) is 2.43. The molecule has 4 nitrogen and oxygen atoms in total. The highest BCUT2D eigenvalue weighted by Crippen LogP contribution is 2.22. The van der Waals surface area contributed by atoms with Crippen LogP contribution < -0.4 is 11.1 Å². The van der Waals surface area contributed by atoms with Gasteiger partial charge in [0.2, 0.25) is 0 Å². The Morgan fingerprint density at radius 3 is 2.73 bits per heavy atom. The predicted octanol–water partition coefficient (Wildman–Crippen LogP) is 1.15. The number of hydrogen-bond donors (Lipinski definition) is 3. The van der Waals surface area contributed by atoms with Crippen LogP contribution in [0, 0.1) is 17.8 Å². The van der Waals surface area contributed by atoms with Crippen molar-refractivity contribution in [1.82, 2.24) is 5.32 Å². The molecule has 0 aromatic rings. The van der Waals surface area contributed by atoms with E-state index in [1.807, 2.05) is 13.8 Å². The number of nitrogens with one attached hydrogen (secondary N) is 1. The second-order valence-electron chi connectivity index (χ2n) is 4.21. The lowest BCUT2D eigenvalue weighted by atomic mass is 9.86. The first-order valence-corrected chi connectivity index (χ1v) is 5.17. The molecule has 0 saturated carbocycles. The molecule has 0 rings (SSSR count). The molecule has 4 heteroatoms. The number of amidine groups is 1. The van der Waals surface area contributed by atoms with Gasteiger partial charge in [-0.1, -0.05) is 31.3 Å². The van der Waals surface area contributed by atoms with Crippen LogP contribution in [0.25, 0.3) is 0 Å². The smallest absolute Gasteiger partial charge is 0.144 e. The number of oxime groups is 1. The van der Waals surface area contributed by atoms with Crippen LogP contribution in [0.2, 0.25) is 0 Å². The monoisotopic (exact) mass is 211 g/mol. The molecule has 0 heterocycles. The third-order valence-electron chi connectivity index (χ3n) is 2.43. The van der Waals surface area contributed by atoms with Gasteiger partial charge in [-0.3, -0.25) is 0 Å². The van der Waals surface area contributed by atoms with Gasteiger partial charge in [-0.2, -0.15) is 0 Å². The fourth-order valence-electron chi connectivity index (χ4n) is 1.24. The Labute approximate surface area is 91.9 Å². The van der Waals surface area contributed by atoms with Gasteiger partial charge in [0.1, 0.15) is 5.84 Å². The van der Waals surface area contributed by atoms with Crippen molar-refractivity contribution in [2.24, 2.45) is 16.3 Å². The van der Waals surface area contributed by atoms with Gasteiger partial charge in [0, 0.05) is 5.41 Å². The highest BCUT2D eigenvalue weighted by atomic mass is 16.4. The molecule has 0 spiro atoms. The first-order valence-electron chi connectivity index (χ1n) is 5.17. The Hall–Kier alpha value is -1.21. The van der Waals surface area contributed by atoms with Crippen LogP contribution in [-0.2, 0) is 0 Å². The highest BCUT2D eigenvalue weighted by molar-refractivity contribution is 5.85. The quantitative estimate of drug-likeness (QED) is 0.148. The predicted molar refractivity (Wildman–Crippen MR) is 62.7 cm³/mol. The maximum absolute atomic E-state index is 8.57. The first-order chi connectivity index (χ1) is 7.04. The third kappa shape index (κ3) is 5.97. The standard InChI is InChI=1S/C11H21N3O/c1-4-8-13-9-6-5-7-11(2,3)10(12)14-15/h1,13,15H,5-9H2,2-3H3,(H2,12,14). The Kier molecular flexibility index (Phi) is 6.56. The zero-order valence-electron chi connectivity index (χ0n) is 9.58. The van der Waals surface area contributed by atoms with Gasteiger partial charge in [0.05, 0.1) is 6.54 Å². The van der Waals surface area contributed by atoms with E-state index in [-0.39, 0.29) is 5.41 Å². The fourth-order valence-corrected chi connectivity index (χ4v) is 1.24. The van der Waals surface area contributed by atoms with Crippen molar-refractivity contribution in [3.8, 4) is 12.3 Å². The van der Waals surface area contributed by atoms with Crippen molar-refractivity contribution < 1.29 is 5.21 Å². The minimum Gasteiger partial charge on any atom is -0.409 e. The van der Waals surface area contributed by atoms with Gasteiger partial charge in [-0.25, -0.2) is 0 Å². The van der Waals surface area contributed by atoms with Crippen molar-refractivity contribution >= 4 is 5.84 Å². The van der Waals surface area contributed by atoms with Crippen molar-refractivity contribution in [3.63, 3.8) is 0 Å². The van der Waals surface area contributed by atoms with Crippen LogP contribution in [0.15, 0.2) is 5.16 Å². The summed E-state index contributed by atoms with van der Waals surface area (Å²) >= 11 is 0. The van der Waals surface area contributed by atoms with Crippen LogP contribution in [0.1, 0.15) is 33.1 Å². The van der Waals surface area contributed by atoms with E-state index in [4.69, 9.17) is 17.4 Å². The molecular formula is C11H21N3O. The summed E-state index contributed by atoms with van der Waals surface area (Å²) in [7, 11) is 0. The number of terminal acetylenes is 1. The molecule has 0 aliphatic carbocycles. The van der Waals surface area contributed by atoms with Gasteiger partial charge in [0.15, 0.2) is 0 Å². The van der Waals surface area contributed by atoms with E-state index in [9.17, 15) is 0 Å². The van der Waals surface area contributed by atoms with E-state index >= 15 is 0 Å². The van der Waals surface area contributed by atoms with Crippen LogP contribution >= 0.6 is 0 Å². The number of nitrogens with two attached hydrogens (primary N) is 1. The SMILES string of the molecule is C#CCNCCCCC(C)(C)C(N)=NO. The van der Waals surface area contributed by atoms with Gasteiger partial charge in [0.25, 0.3) is 0 Å². The molecule has 0 atom stereocenters. The number of unbranched alkanes of at least 4 members (excludes halogenated alkanes) is 1. The molecule has 0 bridgehead atoms. The molecule has 0 aromatic carbocycles. The van der Waals surface area contributed by atoms with Gasteiger partial charge in [-0.15, -0.1) is 6.42 Å².